The normalized spacial score (nSPS) is 18.2. The molecule has 6 nitrogen and oxygen atoms in total. The number of alkyl halides is 2. The lowest BCUT2D eigenvalue weighted by atomic mass is 9.97. The number of hydrogen-bond donors (Lipinski definition) is 0. The summed E-state index contributed by atoms with van der Waals surface area (Å²) in [6.45, 7) is 1.45. The minimum atomic E-state index is -2.69. The second kappa shape index (κ2) is 6.34. The summed E-state index contributed by atoms with van der Waals surface area (Å²) in [5.41, 5.74) is 0.545. The number of nitrogens with zero attached hydrogens (tertiary/aromatic N) is 6. The molecule has 0 N–H and O–H groups in total. The van der Waals surface area contributed by atoms with E-state index in [1.54, 1.807) is 18.5 Å². The molecule has 4 rings (SSSR count). The molecular weight excluding hydrogens is 326 g/mol. The maximum Gasteiger partial charge on any atom is 0.297 e. The fourth-order valence-electron chi connectivity index (χ4n) is 3.46. The zero-order chi connectivity index (χ0) is 17.4. The molecule has 0 amide bonds. The Bertz CT molecular complexity index is 894. The van der Waals surface area contributed by atoms with Crippen molar-refractivity contribution in [2.45, 2.75) is 25.2 Å². The molecule has 1 aromatic carbocycles. The minimum Gasteiger partial charge on any atom is -0.355 e. The average Bonchev–Trinajstić information content (AvgIpc) is 3.07. The van der Waals surface area contributed by atoms with Gasteiger partial charge in [0.15, 0.2) is 5.82 Å². The molecule has 3 heterocycles. The van der Waals surface area contributed by atoms with E-state index in [2.05, 4.69) is 25.1 Å². The van der Waals surface area contributed by atoms with Gasteiger partial charge in [0.25, 0.3) is 6.43 Å². The molecule has 130 valence electrons. The predicted octanol–water partition coefficient (Wildman–Crippen LogP) is 3.08. The zero-order valence-corrected chi connectivity index (χ0v) is 13.8. The van der Waals surface area contributed by atoms with E-state index in [0.29, 0.717) is 17.9 Å². The Balaban J connectivity index is 1.74. The molecule has 2 aromatic heterocycles. The molecule has 0 radical (unpaired) electrons. The van der Waals surface area contributed by atoms with Gasteiger partial charge in [-0.15, -0.1) is 10.2 Å². The van der Waals surface area contributed by atoms with Crippen LogP contribution >= 0.6 is 0 Å². The average molecular weight is 344 g/mol. The van der Waals surface area contributed by atoms with Gasteiger partial charge in [-0.05, 0) is 25.0 Å². The van der Waals surface area contributed by atoms with Gasteiger partial charge in [0.05, 0.1) is 5.52 Å². The molecule has 0 spiro atoms. The van der Waals surface area contributed by atoms with Crippen LogP contribution in [0.5, 0.6) is 0 Å². The zero-order valence-electron chi connectivity index (χ0n) is 13.8. The van der Waals surface area contributed by atoms with Crippen LogP contribution < -0.4 is 4.90 Å². The van der Waals surface area contributed by atoms with Crippen LogP contribution in [0.3, 0.4) is 0 Å². The molecule has 0 bridgehead atoms. The lowest BCUT2D eigenvalue weighted by Gasteiger charge is -2.33. The van der Waals surface area contributed by atoms with Gasteiger partial charge in [-0.25, -0.2) is 18.7 Å². The number of benzene rings is 1. The molecule has 1 aliphatic rings. The maximum absolute atomic E-state index is 13.2. The SMILES string of the molecule is Cn1cnnc1C1CCCN(c2nc(C(F)F)nc3ccccc23)C1. The number of para-hydroxylation sites is 1. The van der Waals surface area contributed by atoms with Crippen LogP contribution in [0.15, 0.2) is 30.6 Å². The first-order valence-corrected chi connectivity index (χ1v) is 8.27. The summed E-state index contributed by atoms with van der Waals surface area (Å²) in [7, 11) is 1.92. The van der Waals surface area contributed by atoms with Crippen LogP contribution in [0.2, 0.25) is 0 Å². The third-order valence-electron chi connectivity index (χ3n) is 4.63. The number of fused-ring (bicyclic) bond motifs is 1. The van der Waals surface area contributed by atoms with Gasteiger partial charge in [-0.2, -0.15) is 0 Å². The standard InChI is InChI=1S/C17H18F2N6/c1-24-10-20-23-16(24)11-5-4-8-25(9-11)17-12-6-2-3-7-13(12)21-15(22-17)14(18)19/h2-3,6-7,10-11,14H,4-5,8-9H2,1H3. The van der Waals surface area contributed by atoms with Crippen LogP contribution in [0.25, 0.3) is 10.9 Å². The van der Waals surface area contributed by atoms with Gasteiger partial charge < -0.3 is 9.47 Å². The van der Waals surface area contributed by atoms with E-state index in [4.69, 9.17) is 0 Å². The van der Waals surface area contributed by atoms with E-state index in [9.17, 15) is 8.78 Å². The Morgan fingerprint density at radius 2 is 2.04 bits per heavy atom. The van der Waals surface area contributed by atoms with Gasteiger partial charge >= 0.3 is 0 Å². The Labute approximate surface area is 143 Å². The van der Waals surface area contributed by atoms with Gasteiger partial charge in [0.1, 0.15) is 18.0 Å². The van der Waals surface area contributed by atoms with E-state index in [-0.39, 0.29) is 5.92 Å². The third kappa shape index (κ3) is 2.92. The summed E-state index contributed by atoms with van der Waals surface area (Å²) >= 11 is 0. The summed E-state index contributed by atoms with van der Waals surface area (Å²) in [6.07, 6.45) is 0.930. The fourth-order valence-corrected chi connectivity index (χ4v) is 3.46. The number of hydrogen-bond acceptors (Lipinski definition) is 5. The van der Waals surface area contributed by atoms with Crippen molar-refractivity contribution in [2.75, 3.05) is 18.0 Å². The maximum atomic E-state index is 13.2. The smallest absolute Gasteiger partial charge is 0.297 e. The number of aryl methyl sites for hydroxylation is 1. The van der Waals surface area contributed by atoms with Crippen molar-refractivity contribution in [1.82, 2.24) is 24.7 Å². The summed E-state index contributed by atoms with van der Waals surface area (Å²) < 4.78 is 28.4. The number of rotatable bonds is 3. The van der Waals surface area contributed by atoms with Crippen LogP contribution in [-0.4, -0.2) is 37.8 Å². The Hall–Kier alpha value is -2.64. The van der Waals surface area contributed by atoms with E-state index in [1.807, 2.05) is 23.7 Å². The van der Waals surface area contributed by atoms with Crippen molar-refractivity contribution in [1.29, 1.82) is 0 Å². The summed E-state index contributed by atoms with van der Waals surface area (Å²) in [5, 5.41) is 8.96. The topological polar surface area (TPSA) is 59.7 Å². The van der Waals surface area contributed by atoms with Crippen molar-refractivity contribution < 1.29 is 8.78 Å². The van der Waals surface area contributed by atoms with Crippen molar-refractivity contribution in [3.63, 3.8) is 0 Å². The van der Waals surface area contributed by atoms with Crippen molar-refractivity contribution in [3.05, 3.63) is 42.2 Å². The van der Waals surface area contributed by atoms with Crippen molar-refractivity contribution >= 4 is 16.7 Å². The first-order chi connectivity index (χ1) is 12.1. The van der Waals surface area contributed by atoms with E-state index in [0.717, 1.165) is 30.6 Å². The molecule has 1 fully saturated rings. The van der Waals surface area contributed by atoms with Crippen LogP contribution in [-0.2, 0) is 7.05 Å². The lowest BCUT2D eigenvalue weighted by molar-refractivity contribution is 0.141. The van der Waals surface area contributed by atoms with Crippen molar-refractivity contribution in [2.24, 2.45) is 7.05 Å². The van der Waals surface area contributed by atoms with Crippen molar-refractivity contribution in [3.8, 4) is 0 Å². The van der Waals surface area contributed by atoms with Gasteiger partial charge in [-0.3, -0.25) is 0 Å². The van der Waals surface area contributed by atoms with Gasteiger partial charge in [-0.1, -0.05) is 12.1 Å². The third-order valence-corrected chi connectivity index (χ3v) is 4.63. The molecule has 1 atom stereocenters. The molecule has 0 aliphatic carbocycles. The largest absolute Gasteiger partial charge is 0.355 e. The molecular formula is C17H18F2N6. The molecule has 0 saturated carbocycles. The highest BCUT2D eigenvalue weighted by Crippen LogP contribution is 2.32. The molecule has 1 unspecified atom stereocenters. The molecule has 1 saturated heterocycles. The quantitative estimate of drug-likeness (QED) is 0.731. The van der Waals surface area contributed by atoms with E-state index < -0.39 is 12.2 Å². The molecule has 3 aromatic rings. The highest BCUT2D eigenvalue weighted by molar-refractivity contribution is 5.89. The lowest BCUT2D eigenvalue weighted by Crippen LogP contribution is -2.36. The number of aromatic nitrogens is 5. The van der Waals surface area contributed by atoms with Crippen LogP contribution in [0.1, 0.15) is 36.8 Å². The Kier molecular flexibility index (Phi) is 4.03. The van der Waals surface area contributed by atoms with Gasteiger partial charge in [0, 0.05) is 31.4 Å². The summed E-state index contributed by atoms with van der Waals surface area (Å²) in [5.74, 6) is 1.27. The van der Waals surface area contributed by atoms with Gasteiger partial charge in [0.2, 0.25) is 0 Å². The summed E-state index contributed by atoms with van der Waals surface area (Å²) in [6, 6.07) is 7.30. The monoisotopic (exact) mass is 344 g/mol. The second-order valence-electron chi connectivity index (χ2n) is 6.31. The molecule has 8 heteroatoms. The first kappa shape index (κ1) is 15.9. The highest BCUT2D eigenvalue weighted by atomic mass is 19.3. The second-order valence-corrected chi connectivity index (χ2v) is 6.31. The molecule has 1 aliphatic heterocycles. The minimum absolute atomic E-state index is 0.199. The predicted molar refractivity (Wildman–Crippen MR) is 89.7 cm³/mol. The van der Waals surface area contributed by atoms with E-state index in [1.165, 1.54) is 0 Å². The van der Waals surface area contributed by atoms with Crippen LogP contribution in [0.4, 0.5) is 14.6 Å². The molecule has 25 heavy (non-hydrogen) atoms. The Morgan fingerprint density at radius 3 is 2.80 bits per heavy atom. The first-order valence-electron chi connectivity index (χ1n) is 8.27. The number of anilines is 1. The van der Waals surface area contributed by atoms with Crippen LogP contribution in [0, 0.1) is 0 Å². The number of piperidine rings is 1. The highest BCUT2D eigenvalue weighted by Gasteiger charge is 2.27. The Morgan fingerprint density at radius 1 is 1.20 bits per heavy atom. The number of halogens is 2. The summed E-state index contributed by atoms with van der Waals surface area (Å²) in [4.78, 5) is 10.3. The van der Waals surface area contributed by atoms with E-state index >= 15 is 0 Å². The fraction of sp³-hybridized carbons (Fsp3) is 0.412.